The van der Waals surface area contributed by atoms with Crippen molar-refractivity contribution < 1.29 is 12.8 Å². The maximum atomic E-state index is 13.3. The number of hydrogen-bond donors (Lipinski definition) is 1. The maximum absolute atomic E-state index is 13.3. The minimum absolute atomic E-state index is 0.0920. The lowest BCUT2D eigenvalue weighted by molar-refractivity contribution is 0.576. The van der Waals surface area contributed by atoms with E-state index in [2.05, 4.69) is 10.3 Å². The standard InChI is InChI=1S/C23H19ClN2O3S/c1-16-10-12-20(13-11-16)30(27,28)23-22(25-15-17-6-3-2-4-7-17)29-21(26-23)18-8-5-9-19(24)14-18/h2-14,25H,15H2,1H3. The second kappa shape index (κ2) is 8.34. The van der Waals surface area contributed by atoms with E-state index >= 15 is 0 Å². The van der Waals surface area contributed by atoms with E-state index in [0.717, 1.165) is 11.1 Å². The third-order valence-corrected chi connectivity index (χ3v) is 6.46. The molecule has 1 heterocycles. The molecule has 0 fully saturated rings. The molecule has 1 N–H and O–H groups in total. The van der Waals surface area contributed by atoms with Gasteiger partial charge in [0, 0.05) is 17.1 Å². The van der Waals surface area contributed by atoms with E-state index in [4.69, 9.17) is 16.0 Å². The Hall–Kier alpha value is -3.09. The predicted octanol–water partition coefficient (Wildman–Crippen LogP) is 5.75. The molecule has 3 aromatic carbocycles. The van der Waals surface area contributed by atoms with E-state index < -0.39 is 9.84 Å². The first kappa shape index (κ1) is 20.2. The van der Waals surface area contributed by atoms with Gasteiger partial charge >= 0.3 is 0 Å². The van der Waals surface area contributed by atoms with Crippen LogP contribution in [-0.2, 0) is 16.4 Å². The Labute approximate surface area is 180 Å². The summed E-state index contributed by atoms with van der Waals surface area (Å²) in [6, 6.07) is 23.2. The van der Waals surface area contributed by atoms with Crippen molar-refractivity contribution >= 4 is 27.3 Å². The third kappa shape index (κ3) is 4.25. The second-order valence-electron chi connectivity index (χ2n) is 6.82. The van der Waals surface area contributed by atoms with Crippen molar-refractivity contribution in [3.05, 3.63) is 95.0 Å². The summed E-state index contributed by atoms with van der Waals surface area (Å²) in [5.74, 6) is 0.271. The van der Waals surface area contributed by atoms with Crippen LogP contribution in [0.15, 0.2) is 93.2 Å². The number of nitrogens with one attached hydrogen (secondary N) is 1. The molecule has 0 spiro atoms. The zero-order valence-electron chi connectivity index (χ0n) is 16.2. The van der Waals surface area contributed by atoms with Crippen LogP contribution in [0.25, 0.3) is 11.5 Å². The average Bonchev–Trinajstić information content (AvgIpc) is 3.19. The summed E-state index contributed by atoms with van der Waals surface area (Å²) < 4.78 is 32.4. The number of rotatable bonds is 6. The molecule has 0 aliphatic rings. The molecular formula is C23H19ClN2O3S. The number of hydrogen-bond acceptors (Lipinski definition) is 5. The Morgan fingerprint density at radius 2 is 1.70 bits per heavy atom. The van der Waals surface area contributed by atoms with Gasteiger partial charge in [-0.2, -0.15) is 4.98 Å². The van der Waals surface area contributed by atoms with Crippen LogP contribution in [0.2, 0.25) is 5.02 Å². The smallest absolute Gasteiger partial charge is 0.234 e. The molecule has 5 nitrogen and oxygen atoms in total. The first-order valence-electron chi connectivity index (χ1n) is 9.30. The van der Waals surface area contributed by atoms with Gasteiger partial charge in [0.1, 0.15) is 0 Å². The highest BCUT2D eigenvalue weighted by Crippen LogP contribution is 2.33. The first-order chi connectivity index (χ1) is 14.4. The SMILES string of the molecule is Cc1ccc(S(=O)(=O)c2nc(-c3cccc(Cl)c3)oc2NCc2ccccc2)cc1. The van der Waals surface area contributed by atoms with Crippen LogP contribution in [-0.4, -0.2) is 13.4 Å². The molecule has 0 saturated heterocycles. The number of benzene rings is 3. The minimum Gasteiger partial charge on any atom is -0.419 e. The molecule has 0 saturated carbocycles. The third-order valence-electron chi connectivity index (χ3n) is 4.55. The number of halogens is 1. The number of oxazole rings is 1. The summed E-state index contributed by atoms with van der Waals surface area (Å²) in [7, 11) is -3.89. The summed E-state index contributed by atoms with van der Waals surface area (Å²) in [5, 5.41) is 3.43. The zero-order valence-corrected chi connectivity index (χ0v) is 17.7. The zero-order chi connectivity index (χ0) is 21.1. The molecule has 30 heavy (non-hydrogen) atoms. The molecule has 152 valence electrons. The van der Waals surface area contributed by atoms with E-state index in [0.29, 0.717) is 17.1 Å². The number of sulfone groups is 1. The number of aromatic nitrogens is 1. The van der Waals surface area contributed by atoms with Gasteiger partial charge in [0.2, 0.25) is 26.6 Å². The van der Waals surface area contributed by atoms with Crippen LogP contribution >= 0.6 is 11.6 Å². The van der Waals surface area contributed by atoms with Crippen molar-refractivity contribution in [1.82, 2.24) is 4.98 Å². The summed E-state index contributed by atoms with van der Waals surface area (Å²) in [4.78, 5) is 4.48. The van der Waals surface area contributed by atoms with E-state index in [9.17, 15) is 8.42 Å². The van der Waals surface area contributed by atoms with Gasteiger partial charge in [-0.1, -0.05) is 65.7 Å². The fraction of sp³-hybridized carbons (Fsp3) is 0.0870. The minimum atomic E-state index is -3.89. The lowest BCUT2D eigenvalue weighted by Gasteiger charge is -2.06. The number of aryl methyl sites for hydroxylation is 1. The molecule has 1 aromatic heterocycles. The normalized spacial score (nSPS) is 11.4. The molecule has 4 aromatic rings. The lowest BCUT2D eigenvalue weighted by Crippen LogP contribution is -2.07. The van der Waals surface area contributed by atoms with Crippen molar-refractivity contribution in [2.75, 3.05) is 5.32 Å². The largest absolute Gasteiger partial charge is 0.419 e. The lowest BCUT2D eigenvalue weighted by atomic mass is 10.2. The van der Waals surface area contributed by atoms with Crippen LogP contribution < -0.4 is 5.32 Å². The van der Waals surface area contributed by atoms with Gasteiger partial charge < -0.3 is 9.73 Å². The molecule has 0 bridgehead atoms. The Morgan fingerprint density at radius 1 is 0.967 bits per heavy atom. The first-order valence-corrected chi connectivity index (χ1v) is 11.2. The van der Waals surface area contributed by atoms with Crippen molar-refractivity contribution in [2.24, 2.45) is 0 Å². The van der Waals surface area contributed by atoms with Crippen LogP contribution in [0.3, 0.4) is 0 Å². The molecule has 0 amide bonds. The van der Waals surface area contributed by atoms with Gasteiger partial charge in [-0.05, 0) is 42.8 Å². The summed E-state index contributed by atoms with van der Waals surface area (Å²) in [6.07, 6.45) is 0. The van der Waals surface area contributed by atoms with Crippen LogP contribution in [0, 0.1) is 6.92 Å². The highest BCUT2D eigenvalue weighted by atomic mass is 35.5. The van der Waals surface area contributed by atoms with E-state index in [1.54, 1.807) is 48.5 Å². The van der Waals surface area contributed by atoms with Gasteiger partial charge in [-0.3, -0.25) is 0 Å². The Bertz CT molecular complexity index is 1270. The quantitative estimate of drug-likeness (QED) is 0.415. The van der Waals surface area contributed by atoms with Gasteiger partial charge in [0.05, 0.1) is 4.90 Å². The van der Waals surface area contributed by atoms with Gasteiger partial charge in [0.15, 0.2) is 0 Å². The molecular weight excluding hydrogens is 420 g/mol. The number of nitrogens with zero attached hydrogens (tertiary/aromatic N) is 1. The molecule has 0 aliphatic carbocycles. The molecule has 0 unspecified atom stereocenters. The van der Waals surface area contributed by atoms with E-state index in [-0.39, 0.29) is 21.7 Å². The number of anilines is 1. The predicted molar refractivity (Wildman–Crippen MR) is 117 cm³/mol. The maximum Gasteiger partial charge on any atom is 0.234 e. The highest BCUT2D eigenvalue weighted by molar-refractivity contribution is 7.91. The Balaban J connectivity index is 1.77. The summed E-state index contributed by atoms with van der Waals surface area (Å²) in [5.41, 5.74) is 2.55. The van der Waals surface area contributed by atoms with Crippen LogP contribution in [0.4, 0.5) is 5.88 Å². The van der Waals surface area contributed by atoms with Gasteiger partial charge in [-0.15, -0.1) is 0 Å². The molecule has 4 rings (SSSR count). The fourth-order valence-corrected chi connectivity index (χ4v) is 4.42. The highest BCUT2D eigenvalue weighted by Gasteiger charge is 2.28. The van der Waals surface area contributed by atoms with Crippen molar-refractivity contribution in [2.45, 2.75) is 23.4 Å². The van der Waals surface area contributed by atoms with Crippen molar-refractivity contribution in [1.29, 1.82) is 0 Å². The van der Waals surface area contributed by atoms with Gasteiger partial charge in [-0.25, -0.2) is 8.42 Å². The monoisotopic (exact) mass is 438 g/mol. The van der Waals surface area contributed by atoms with E-state index in [1.165, 1.54) is 0 Å². The van der Waals surface area contributed by atoms with E-state index in [1.807, 2.05) is 37.3 Å². The average molecular weight is 439 g/mol. The fourth-order valence-electron chi connectivity index (χ4n) is 2.95. The summed E-state index contributed by atoms with van der Waals surface area (Å²) in [6.45, 7) is 2.29. The van der Waals surface area contributed by atoms with Crippen molar-refractivity contribution in [3.8, 4) is 11.5 Å². The molecule has 0 radical (unpaired) electrons. The van der Waals surface area contributed by atoms with Crippen molar-refractivity contribution in [3.63, 3.8) is 0 Å². The van der Waals surface area contributed by atoms with Crippen LogP contribution in [0.1, 0.15) is 11.1 Å². The Kier molecular flexibility index (Phi) is 5.61. The summed E-state index contributed by atoms with van der Waals surface area (Å²) >= 11 is 6.08. The molecule has 7 heteroatoms. The van der Waals surface area contributed by atoms with Gasteiger partial charge in [0.25, 0.3) is 0 Å². The van der Waals surface area contributed by atoms with Crippen LogP contribution in [0.5, 0.6) is 0 Å². The topological polar surface area (TPSA) is 72.2 Å². The second-order valence-corrected chi connectivity index (χ2v) is 9.12. The Morgan fingerprint density at radius 3 is 2.40 bits per heavy atom. The molecule has 0 atom stereocenters. The molecule has 0 aliphatic heterocycles.